The van der Waals surface area contributed by atoms with Crippen LogP contribution in [-0.4, -0.2) is 40.2 Å². The Bertz CT molecular complexity index is 691. The number of thioether (sulfide) groups is 1. The molecule has 0 bridgehead atoms. The topological polar surface area (TPSA) is 81.2 Å². The van der Waals surface area contributed by atoms with Crippen LogP contribution in [0.4, 0.5) is 5.13 Å². The van der Waals surface area contributed by atoms with Crippen LogP contribution in [0.2, 0.25) is 5.02 Å². The highest BCUT2D eigenvalue weighted by Gasteiger charge is 2.17. The van der Waals surface area contributed by atoms with Crippen LogP contribution in [0.3, 0.4) is 0 Å². The first kappa shape index (κ1) is 17.7. The quantitative estimate of drug-likeness (QED) is 0.786. The number of carbonyl (C=O) groups is 2. The zero-order chi connectivity index (χ0) is 16.8. The summed E-state index contributed by atoms with van der Waals surface area (Å²) < 4.78 is 4.54. The lowest BCUT2D eigenvalue weighted by Gasteiger charge is -2.08. The van der Waals surface area contributed by atoms with Gasteiger partial charge < -0.3 is 4.74 Å². The van der Waals surface area contributed by atoms with Crippen molar-refractivity contribution < 1.29 is 14.3 Å². The molecular weight excluding hydrogens is 358 g/mol. The molecule has 6 nitrogen and oxygen atoms in total. The zero-order valence-electron chi connectivity index (χ0n) is 12.4. The van der Waals surface area contributed by atoms with Crippen LogP contribution in [0.25, 0.3) is 10.6 Å². The van der Waals surface area contributed by atoms with Crippen LogP contribution in [-0.2, 0) is 14.3 Å². The summed E-state index contributed by atoms with van der Waals surface area (Å²) in [4.78, 5) is 23.1. The van der Waals surface area contributed by atoms with E-state index in [2.05, 4.69) is 20.3 Å². The van der Waals surface area contributed by atoms with E-state index >= 15 is 0 Å². The third kappa shape index (κ3) is 5.19. The monoisotopic (exact) mass is 371 g/mol. The lowest BCUT2D eigenvalue weighted by Crippen LogP contribution is -2.23. The summed E-state index contributed by atoms with van der Waals surface area (Å²) in [7, 11) is 1.31. The van der Waals surface area contributed by atoms with Crippen molar-refractivity contribution in [3.8, 4) is 10.6 Å². The molecule has 1 aromatic carbocycles. The van der Waals surface area contributed by atoms with Gasteiger partial charge in [-0.05, 0) is 19.1 Å². The van der Waals surface area contributed by atoms with Crippen molar-refractivity contribution >= 4 is 51.7 Å². The largest absolute Gasteiger partial charge is 0.468 e. The number of benzene rings is 1. The molecule has 1 unspecified atom stereocenters. The van der Waals surface area contributed by atoms with Gasteiger partial charge in [0.15, 0.2) is 0 Å². The van der Waals surface area contributed by atoms with Crippen molar-refractivity contribution in [2.45, 2.75) is 12.2 Å². The standard InChI is InChI=1S/C14H14ClN3O3S2/c1-8(22-7-11(19)21-2)12(20)16-14-18-17-13(23-14)9-3-5-10(15)6-4-9/h3-6,8H,7H2,1-2H3,(H,16,18,20). The molecule has 1 aromatic heterocycles. The Hall–Kier alpha value is -1.64. The number of nitrogens with zero attached hydrogens (tertiary/aromatic N) is 2. The lowest BCUT2D eigenvalue weighted by atomic mass is 10.2. The second-order valence-electron chi connectivity index (χ2n) is 4.44. The Morgan fingerprint density at radius 3 is 2.70 bits per heavy atom. The highest BCUT2D eigenvalue weighted by molar-refractivity contribution is 8.01. The van der Waals surface area contributed by atoms with Gasteiger partial charge in [0.05, 0.1) is 18.1 Å². The van der Waals surface area contributed by atoms with Gasteiger partial charge in [-0.1, -0.05) is 35.1 Å². The van der Waals surface area contributed by atoms with Gasteiger partial charge in [0, 0.05) is 10.6 Å². The molecule has 1 heterocycles. The zero-order valence-corrected chi connectivity index (χ0v) is 14.8. The van der Waals surface area contributed by atoms with E-state index in [1.54, 1.807) is 19.1 Å². The average molecular weight is 372 g/mol. The van der Waals surface area contributed by atoms with E-state index in [0.717, 1.165) is 5.56 Å². The van der Waals surface area contributed by atoms with Gasteiger partial charge in [-0.3, -0.25) is 14.9 Å². The van der Waals surface area contributed by atoms with Crippen molar-refractivity contribution in [2.75, 3.05) is 18.2 Å². The van der Waals surface area contributed by atoms with E-state index in [4.69, 9.17) is 11.6 Å². The molecule has 2 rings (SSSR count). The number of ether oxygens (including phenoxy) is 1. The number of hydrogen-bond donors (Lipinski definition) is 1. The predicted molar refractivity (Wildman–Crippen MR) is 92.9 cm³/mol. The van der Waals surface area contributed by atoms with Crippen LogP contribution in [0.15, 0.2) is 24.3 Å². The summed E-state index contributed by atoms with van der Waals surface area (Å²) in [5.74, 6) is -0.481. The lowest BCUT2D eigenvalue weighted by molar-refractivity contribution is -0.137. The molecule has 0 fully saturated rings. The summed E-state index contributed by atoms with van der Waals surface area (Å²) in [6, 6.07) is 7.21. The maximum absolute atomic E-state index is 12.0. The number of aromatic nitrogens is 2. The molecule has 122 valence electrons. The van der Waals surface area contributed by atoms with Crippen LogP contribution < -0.4 is 5.32 Å². The van der Waals surface area contributed by atoms with Gasteiger partial charge in [0.1, 0.15) is 5.01 Å². The SMILES string of the molecule is COC(=O)CSC(C)C(=O)Nc1nnc(-c2ccc(Cl)cc2)s1. The Morgan fingerprint density at radius 2 is 2.04 bits per heavy atom. The summed E-state index contributed by atoms with van der Waals surface area (Å²) in [5.41, 5.74) is 0.875. The molecule has 0 aliphatic rings. The van der Waals surface area contributed by atoms with Crippen LogP contribution >= 0.6 is 34.7 Å². The minimum atomic E-state index is -0.406. The molecule has 23 heavy (non-hydrogen) atoms. The van der Waals surface area contributed by atoms with Crippen molar-refractivity contribution in [3.05, 3.63) is 29.3 Å². The minimum absolute atomic E-state index is 0.122. The number of rotatable bonds is 6. The minimum Gasteiger partial charge on any atom is -0.468 e. The average Bonchev–Trinajstić information content (AvgIpc) is 3.01. The fraction of sp³-hybridized carbons (Fsp3) is 0.286. The van der Waals surface area contributed by atoms with Gasteiger partial charge in [-0.2, -0.15) is 0 Å². The first-order valence-corrected chi connectivity index (χ1v) is 8.82. The van der Waals surface area contributed by atoms with Crippen LogP contribution in [0.5, 0.6) is 0 Å². The molecule has 0 spiro atoms. The second kappa shape index (κ2) is 8.28. The fourth-order valence-electron chi connectivity index (χ4n) is 1.52. The van der Waals surface area contributed by atoms with Crippen molar-refractivity contribution in [1.29, 1.82) is 0 Å². The molecule has 9 heteroatoms. The normalized spacial score (nSPS) is 11.8. The molecule has 2 aromatic rings. The number of amides is 1. The first-order valence-electron chi connectivity index (χ1n) is 6.58. The molecule has 0 aliphatic heterocycles. The summed E-state index contributed by atoms with van der Waals surface area (Å²) in [5, 5.41) is 12.0. The summed E-state index contributed by atoms with van der Waals surface area (Å²) >= 11 is 8.31. The Labute approximate surface area is 146 Å². The molecule has 0 aliphatic carbocycles. The smallest absolute Gasteiger partial charge is 0.315 e. The molecular formula is C14H14ClN3O3S2. The van der Waals surface area contributed by atoms with Gasteiger partial charge in [-0.15, -0.1) is 22.0 Å². The van der Waals surface area contributed by atoms with Crippen molar-refractivity contribution in [3.63, 3.8) is 0 Å². The maximum Gasteiger partial charge on any atom is 0.315 e. The second-order valence-corrected chi connectivity index (χ2v) is 7.18. The highest BCUT2D eigenvalue weighted by Crippen LogP contribution is 2.27. The van der Waals surface area contributed by atoms with Crippen molar-refractivity contribution in [2.24, 2.45) is 0 Å². The van der Waals surface area contributed by atoms with Crippen LogP contribution in [0.1, 0.15) is 6.92 Å². The number of esters is 1. The third-order valence-electron chi connectivity index (χ3n) is 2.79. The van der Waals surface area contributed by atoms with E-state index < -0.39 is 5.25 Å². The molecule has 0 saturated carbocycles. The number of carbonyl (C=O) groups excluding carboxylic acids is 2. The Morgan fingerprint density at radius 1 is 1.35 bits per heavy atom. The van der Waals surface area contributed by atoms with E-state index in [0.29, 0.717) is 15.2 Å². The van der Waals surface area contributed by atoms with Gasteiger partial charge >= 0.3 is 5.97 Å². The highest BCUT2D eigenvalue weighted by atomic mass is 35.5. The summed E-state index contributed by atoms with van der Waals surface area (Å²) in [6.07, 6.45) is 0. The van der Waals surface area contributed by atoms with Gasteiger partial charge in [0.2, 0.25) is 11.0 Å². The third-order valence-corrected chi connectivity index (χ3v) is 5.05. The van der Waals surface area contributed by atoms with E-state index in [-0.39, 0.29) is 17.6 Å². The van der Waals surface area contributed by atoms with Crippen molar-refractivity contribution in [1.82, 2.24) is 10.2 Å². The maximum atomic E-state index is 12.0. The predicted octanol–water partition coefficient (Wildman–Crippen LogP) is 3.09. The van der Waals surface area contributed by atoms with Gasteiger partial charge in [-0.25, -0.2) is 0 Å². The number of hydrogen-bond acceptors (Lipinski definition) is 7. The molecule has 1 amide bonds. The fourth-order valence-corrected chi connectivity index (χ4v) is 3.11. The molecule has 1 atom stereocenters. The van der Waals surface area contributed by atoms with E-state index in [1.807, 2.05) is 12.1 Å². The first-order chi connectivity index (χ1) is 11.0. The van der Waals surface area contributed by atoms with E-state index in [9.17, 15) is 9.59 Å². The van der Waals surface area contributed by atoms with Gasteiger partial charge in [0.25, 0.3) is 0 Å². The number of anilines is 1. The molecule has 0 radical (unpaired) electrons. The Balaban J connectivity index is 1.94. The molecule has 1 N–H and O–H groups in total. The summed E-state index contributed by atoms with van der Waals surface area (Å²) in [6.45, 7) is 1.71. The van der Waals surface area contributed by atoms with Crippen LogP contribution in [0, 0.1) is 0 Å². The Kier molecular flexibility index (Phi) is 6.37. The number of methoxy groups -OCH3 is 1. The molecule has 0 saturated heterocycles. The number of nitrogens with one attached hydrogen (secondary N) is 1. The van der Waals surface area contributed by atoms with E-state index in [1.165, 1.54) is 30.2 Å². The number of halogens is 1.